The lowest BCUT2D eigenvalue weighted by molar-refractivity contribution is 0.362. The van der Waals surface area contributed by atoms with Gasteiger partial charge in [0.05, 0.1) is 0 Å². The predicted octanol–water partition coefficient (Wildman–Crippen LogP) is 12.1. The Morgan fingerprint density at radius 3 is 1.61 bits per heavy atom. The van der Waals surface area contributed by atoms with Gasteiger partial charge >= 0.3 is 0 Å². The first-order chi connectivity index (χ1) is 22.5. The van der Waals surface area contributed by atoms with Crippen molar-refractivity contribution in [3.8, 4) is 22.3 Å². The monoisotopic (exact) mass is 586 g/mol. The van der Waals surface area contributed by atoms with Crippen LogP contribution in [0, 0.1) is 5.41 Å². The van der Waals surface area contributed by atoms with Gasteiger partial charge in [-0.15, -0.1) is 0 Å². The molecular formula is C46H34. The molecule has 0 N–H and O–H groups in total. The van der Waals surface area contributed by atoms with Gasteiger partial charge in [-0.1, -0.05) is 166 Å². The number of hydrogen-bond donors (Lipinski definition) is 0. The van der Waals surface area contributed by atoms with Crippen LogP contribution < -0.4 is 0 Å². The quantitative estimate of drug-likeness (QED) is 0.181. The molecule has 0 nitrogen and oxygen atoms in total. The van der Waals surface area contributed by atoms with Gasteiger partial charge in [-0.25, -0.2) is 0 Å². The van der Waals surface area contributed by atoms with Crippen LogP contribution in [0.25, 0.3) is 60.1 Å². The minimum absolute atomic E-state index is 0.0327. The van der Waals surface area contributed by atoms with Gasteiger partial charge in [0.25, 0.3) is 0 Å². The molecule has 0 radical (unpaired) electrons. The van der Waals surface area contributed by atoms with Gasteiger partial charge in [0.15, 0.2) is 0 Å². The standard InChI is InChI=1S/C46H34/c1-44(2)40-27-33-15-6-7-16-34(33)28-41(40)46-29-45(44,46)26-12-21-39(46)43-37-19-10-8-17-35(37)42(36-18-9-11-20-38(36)43)32-24-22-31(23-25-32)30-13-4-3-5-14-30/h3-28H,29H2,1-2H3. The first-order valence-corrected chi connectivity index (χ1v) is 16.6. The molecule has 0 bridgehead atoms. The van der Waals surface area contributed by atoms with Crippen LogP contribution in [-0.4, -0.2) is 0 Å². The SMILES string of the molecule is CC1(C)c2cc3ccccc3cc2C23CC12C=CC=C3c1c2ccccc2c(-c2ccc(-c3ccccc3)cc2)c2ccccc12. The smallest absolute Gasteiger partial charge is 0.0320 e. The lowest BCUT2D eigenvalue weighted by atomic mass is 9.69. The minimum Gasteiger partial charge on any atom is -0.0761 e. The molecule has 7 aromatic carbocycles. The first kappa shape index (κ1) is 26.1. The van der Waals surface area contributed by atoms with E-state index in [-0.39, 0.29) is 16.2 Å². The molecule has 0 aliphatic heterocycles. The molecule has 0 heterocycles. The number of allylic oxidation sites excluding steroid dienone is 4. The van der Waals surface area contributed by atoms with Gasteiger partial charge in [-0.3, -0.25) is 0 Å². The molecule has 7 aromatic rings. The number of benzene rings is 7. The zero-order valence-electron chi connectivity index (χ0n) is 26.2. The van der Waals surface area contributed by atoms with Crippen LogP contribution in [0.5, 0.6) is 0 Å². The van der Waals surface area contributed by atoms with Gasteiger partial charge in [0.1, 0.15) is 0 Å². The van der Waals surface area contributed by atoms with Crippen LogP contribution in [0.3, 0.4) is 0 Å². The van der Waals surface area contributed by atoms with Crippen molar-refractivity contribution < 1.29 is 0 Å². The Morgan fingerprint density at radius 2 is 0.978 bits per heavy atom. The van der Waals surface area contributed by atoms with Gasteiger partial charge in [-0.2, -0.15) is 0 Å². The largest absolute Gasteiger partial charge is 0.0761 e. The van der Waals surface area contributed by atoms with E-state index in [4.69, 9.17) is 0 Å². The zero-order valence-corrected chi connectivity index (χ0v) is 26.2. The van der Waals surface area contributed by atoms with Crippen molar-refractivity contribution in [2.24, 2.45) is 5.41 Å². The van der Waals surface area contributed by atoms with Crippen LogP contribution >= 0.6 is 0 Å². The maximum absolute atomic E-state index is 2.55. The molecule has 10 rings (SSSR count). The lowest BCUT2D eigenvalue weighted by Gasteiger charge is -2.33. The highest BCUT2D eigenvalue weighted by Crippen LogP contribution is 2.84. The van der Waals surface area contributed by atoms with E-state index < -0.39 is 0 Å². The van der Waals surface area contributed by atoms with Gasteiger partial charge in [-0.05, 0) is 89.3 Å². The second kappa shape index (κ2) is 8.95. The van der Waals surface area contributed by atoms with E-state index in [1.54, 1.807) is 0 Å². The molecule has 2 unspecified atom stereocenters. The second-order valence-electron chi connectivity index (χ2n) is 14.1. The second-order valence-corrected chi connectivity index (χ2v) is 14.1. The summed E-state index contributed by atoms with van der Waals surface area (Å²) in [6.45, 7) is 4.97. The summed E-state index contributed by atoms with van der Waals surface area (Å²) in [4.78, 5) is 0. The average molecular weight is 587 g/mol. The fraction of sp³-hybridized carbons (Fsp3) is 0.130. The summed E-state index contributed by atoms with van der Waals surface area (Å²) < 4.78 is 0. The Labute approximate surface area is 270 Å². The molecular weight excluding hydrogens is 553 g/mol. The van der Waals surface area contributed by atoms with E-state index in [2.05, 4.69) is 172 Å². The fourth-order valence-electron chi connectivity index (χ4n) is 9.64. The van der Waals surface area contributed by atoms with Crippen LogP contribution in [0.1, 0.15) is 37.0 Å². The Balaban J connectivity index is 1.24. The Bertz CT molecular complexity index is 2400. The molecule has 0 amide bonds. The molecule has 1 saturated carbocycles. The maximum atomic E-state index is 2.55. The summed E-state index contributed by atoms with van der Waals surface area (Å²) in [6.07, 6.45) is 8.53. The molecule has 1 fully saturated rings. The summed E-state index contributed by atoms with van der Waals surface area (Å²) >= 11 is 0. The Morgan fingerprint density at radius 1 is 0.478 bits per heavy atom. The molecule has 2 atom stereocenters. The van der Waals surface area contributed by atoms with Crippen molar-refractivity contribution >= 4 is 37.9 Å². The van der Waals surface area contributed by atoms with Crippen LogP contribution in [0.4, 0.5) is 0 Å². The van der Waals surface area contributed by atoms with E-state index in [1.165, 1.54) is 76.8 Å². The van der Waals surface area contributed by atoms with Crippen LogP contribution in [-0.2, 0) is 10.8 Å². The fourth-order valence-corrected chi connectivity index (χ4v) is 9.64. The molecule has 0 aromatic heterocycles. The van der Waals surface area contributed by atoms with Crippen molar-refractivity contribution in [1.82, 2.24) is 0 Å². The first-order valence-electron chi connectivity index (χ1n) is 16.6. The summed E-state index contributed by atoms with van der Waals surface area (Å²) in [5, 5.41) is 8.00. The summed E-state index contributed by atoms with van der Waals surface area (Å²) in [5.74, 6) is 0. The zero-order chi connectivity index (χ0) is 30.7. The molecule has 3 aliphatic rings. The van der Waals surface area contributed by atoms with Gasteiger partial charge in [0.2, 0.25) is 0 Å². The normalized spacial score (nSPS) is 22.0. The van der Waals surface area contributed by atoms with E-state index >= 15 is 0 Å². The highest BCUT2D eigenvalue weighted by Gasteiger charge is 2.79. The summed E-state index contributed by atoms with van der Waals surface area (Å²) in [6, 6.07) is 52.0. The number of fused-ring (bicyclic) bond motifs is 4. The average Bonchev–Trinajstić information content (AvgIpc) is 3.80. The number of hydrogen-bond acceptors (Lipinski definition) is 0. The highest BCUT2D eigenvalue weighted by molar-refractivity contribution is 6.20. The van der Waals surface area contributed by atoms with Crippen molar-refractivity contribution in [1.29, 1.82) is 0 Å². The molecule has 3 aliphatic carbocycles. The van der Waals surface area contributed by atoms with Crippen LogP contribution in [0.15, 0.2) is 158 Å². The summed E-state index contributed by atoms with van der Waals surface area (Å²) in [7, 11) is 0. The lowest BCUT2D eigenvalue weighted by Crippen LogP contribution is -2.29. The van der Waals surface area contributed by atoms with Crippen molar-refractivity contribution in [2.75, 3.05) is 0 Å². The third-order valence-electron chi connectivity index (χ3n) is 11.9. The van der Waals surface area contributed by atoms with E-state index in [0.29, 0.717) is 0 Å². The summed E-state index contributed by atoms with van der Waals surface area (Å²) in [5.41, 5.74) is 11.1. The molecule has 46 heavy (non-hydrogen) atoms. The molecule has 0 heteroatoms. The molecule has 0 spiro atoms. The van der Waals surface area contributed by atoms with Crippen molar-refractivity contribution in [3.63, 3.8) is 0 Å². The minimum atomic E-state index is -0.0327. The van der Waals surface area contributed by atoms with Gasteiger partial charge in [0, 0.05) is 16.2 Å². The van der Waals surface area contributed by atoms with Crippen LogP contribution in [0.2, 0.25) is 0 Å². The predicted molar refractivity (Wildman–Crippen MR) is 195 cm³/mol. The highest BCUT2D eigenvalue weighted by atomic mass is 14.8. The third kappa shape index (κ3) is 3.14. The maximum Gasteiger partial charge on any atom is 0.0320 e. The topological polar surface area (TPSA) is 0 Å². The Hall–Kier alpha value is -5.20. The van der Waals surface area contributed by atoms with E-state index in [1.807, 2.05) is 0 Å². The number of rotatable bonds is 3. The van der Waals surface area contributed by atoms with Crippen molar-refractivity contribution in [3.05, 3.63) is 174 Å². The Kier molecular flexibility index (Phi) is 5.07. The van der Waals surface area contributed by atoms with Crippen molar-refractivity contribution in [2.45, 2.75) is 31.1 Å². The third-order valence-corrected chi connectivity index (χ3v) is 11.9. The van der Waals surface area contributed by atoms with E-state index in [0.717, 1.165) is 6.42 Å². The molecule has 0 saturated heterocycles. The molecule has 218 valence electrons. The van der Waals surface area contributed by atoms with Gasteiger partial charge < -0.3 is 0 Å². The van der Waals surface area contributed by atoms with E-state index in [9.17, 15) is 0 Å².